The number of pyridine rings is 2. The molecule has 0 spiro atoms. The van der Waals surface area contributed by atoms with Gasteiger partial charge in [-0.05, 0) is 12.1 Å². The van der Waals surface area contributed by atoms with Crippen LogP contribution in [0.2, 0.25) is 0 Å². The lowest BCUT2D eigenvalue weighted by Gasteiger charge is -2.07. The smallest absolute Gasteiger partial charge is 0.185 e. The Hall–Kier alpha value is -2.32. The summed E-state index contributed by atoms with van der Waals surface area (Å²) < 4.78 is 1.93. The molecule has 0 fully saturated rings. The molecule has 3 heterocycles. The maximum atomic E-state index is 7.15. The van der Waals surface area contributed by atoms with Crippen molar-refractivity contribution in [3.8, 4) is 0 Å². The van der Waals surface area contributed by atoms with Crippen molar-refractivity contribution in [3.63, 3.8) is 0 Å². The van der Waals surface area contributed by atoms with Gasteiger partial charge < -0.3 is 21.4 Å². The van der Waals surface area contributed by atoms with Gasteiger partial charge in [0.15, 0.2) is 11.8 Å². The van der Waals surface area contributed by atoms with Crippen LogP contribution in [0.5, 0.6) is 0 Å². The molecule has 8 nitrogen and oxygen atoms in total. The van der Waals surface area contributed by atoms with E-state index in [0.717, 1.165) is 16.6 Å². The second-order valence-electron chi connectivity index (χ2n) is 4.34. The average molecular weight is 343 g/mol. The van der Waals surface area contributed by atoms with E-state index in [2.05, 4.69) is 20.3 Å². The number of anilines is 1. The number of nitrogen functional groups attached to an aromatic ring is 1. The molecule has 0 bridgehead atoms. The highest BCUT2D eigenvalue weighted by Crippen LogP contribution is 2.25. The fraction of sp³-hybridized carbons (Fsp3) is 0.167. The summed E-state index contributed by atoms with van der Waals surface area (Å²) in [6.07, 6.45) is 3.41. The largest absolute Gasteiger partial charge is 0.382 e. The Labute approximate surface area is 138 Å². The predicted octanol–water partition coefficient (Wildman–Crippen LogP) is 0.888. The molecule has 0 unspecified atom stereocenters. The topological polar surface area (TPSA) is 132 Å². The van der Waals surface area contributed by atoms with Crippen molar-refractivity contribution >= 4 is 58.7 Å². The van der Waals surface area contributed by atoms with Gasteiger partial charge in [0.1, 0.15) is 16.6 Å². The van der Waals surface area contributed by atoms with Crippen LogP contribution in [0.15, 0.2) is 24.7 Å². The second kappa shape index (κ2) is 7.10. The van der Waals surface area contributed by atoms with Gasteiger partial charge >= 0.3 is 0 Å². The summed E-state index contributed by atoms with van der Waals surface area (Å²) in [7, 11) is 0. The SMILES string of the molecule is Cl.Cl.N=C(N)NCCn1cnc2c(N)nc3cccnc3c21. The van der Waals surface area contributed by atoms with Crippen LogP contribution in [0, 0.1) is 5.41 Å². The van der Waals surface area contributed by atoms with Gasteiger partial charge in [-0.25, -0.2) is 9.97 Å². The molecular weight excluding hydrogens is 327 g/mol. The van der Waals surface area contributed by atoms with Crippen molar-refractivity contribution in [1.82, 2.24) is 24.8 Å². The van der Waals surface area contributed by atoms with Crippen molar-refractivity contribution < 1.29 is 0 Å². The van der Waals surface area contributed by atoms with E-state index < -0.39 is 0 Å². The third kappa shape index (κ3) is 3.12. The fourth-order valence-corrected chi connectivity index (χ4v) is 2.15. The van der Waals surface area contributed by atoms with E-state index in [9.17, 15) is 0 Å². The molecule has 6 N–H and O–H groups in total. The third-order valence-corrected chi connectivity index (χ3v) is 3.00. The van der Waals surface area contributed by atoms with Gasteiger partial charge in [0.2, 0.25) is 0 Å². The van der Waals surface area contributed by atoms with Gasteiger partial charge in [0.05, 0.1) is 11.8 Å². The van der Waals surface area contributed by atoms with Crippen molar-refractivity contribution in [2.75, 3.05) is 12.3 Å². The van der Waals surface area contributed by atoms with E-state index in [1.807, 2.05) is 16.7 Å². The van der Waals surface area contributed by atoms with Gasteiger partial charge in [-0.15, -0.1) is 24.8 Å². The van der Waals surface area contributed by atoms with Crippen LogP contribution in [-0.4, -0.2) is 32.0 Å². The molecule has 0 aliphatic carbocycles. The number of imidazole rings is 1. The minimum atomic E-state index is -0.0569. The van der Waals surface area contributed by atoms with Crippen LogP contribution in [0.1, 0.15) is 0 Å². The molecule has 10 heteroatoms. The summed E-state index contributed by atoms with van der Waals surface area (Å²) in [5.74, 6) is 0.331. The first kappa shape index (κ1) is 17.7. The molecule has 0 aliphatic heterocycles. The number of fused-ring (bicyclic) bond motifs is 3. The van der Waals surface area contributed by atoms with E-state index in [-0.39, 0.29) is 30.8 Å². The molecule has 3 aromatic rings. The van der Waals surface area contributed by atoms with Crippen LogP contribution in [-0.2, 0) is 6.54 Å². The first-order valence-corrected chi connectivity index (χ1v) is 6.10. The standard InChI is InChI=1S/C12H14N8.2ClH/c13-11-9-10(8-7(19-11)2-1-3-16-8)20(6-18-9)5-4-17-12(14)15;;/h1-3,6H,4-5H2,(H2,13,19)(H4,14,15,17);2*1H. The summed E-state index contributed by atoms with van der Waals surface area (Å²) >= 11 is 0. The first-order valence-electron chi connectivity index (χ1n) is 6.10. The van der Waals surface area contributed by atoms with E-state index in [1.165, 1.54) is 0 Å². The van der Waals surface area contributed by atoms with Crippen LogP contribution < -0.4 is 16.8 Å². The second-order valence-corrected chi connectivity index (χ2v) is 4.34. The van der Waals surface area contributed by atoms with Gasteiger partial charge in [-0.3, -0.25) is 10.4 Å². The number of aromatic nitrogens is 4. The van der Waals surface area contributed by atoms with Crippen molar-refractivity contribution in [3.05, 3.63) is 24.7 Å². The predicted molar refractivity (Wildman–Crippen MR) is 91.7 cm³/mol. The quantitative estimate of drug-likeness (QED) is 0.412. The number of guanidine groups is 1. The number of hydrogen-bond donors (Lipinski definition) is 4. The van der Waals surface area contributed by atoms with Crippen LogP contribution >= 0.6 is 24.8 Å². The van der Waals surface area contributed by atoms with Crippen LogP contribution in [0.25, 0.3) is 22.1 Å². The maximum Gasteiger partial charge on any atom is 0.185 e. The van der Waals surface area contributed by atoms with Gasteiger partial charge in [0.25, 0.3) is 0 Å². The monoisotopic (exact) mass is 342 g/mol. The highest BCUT2D eigenvalue weighted by atomic mass is 35.5. The fourth-order valence-electron chi connectivity index (χ4n) is 2.15. The molecule has 0 aromatic carbocycles. The highest BCUT2D eigenvalue weighted by molar-refractivity contribution is 6.04. The summed E-state index contributed by atoms with van der Waals surface area (Å²) in [5.41, 5.74) is 14.2. The summed E-state index contributed by atoms with van der Waals surface area (Å²) in [6.45, 7) is 1.13. The molecule has 0 radical (unpaired) electrons. The van der Waals surface area contributed by atoms with Crippen LogP contribution in [0.3, 0.4) is 0 Å². The third-order valence-electron chi connectivity index (χ3n) is 3.00. The Morgan fingerprint density at radius 3 is 2.77 bits per heavy atom. The number of nitrogens with two attached hydrogens (primary N) is 2. The zero-order chi connectivity index (χ0) is 14.1. The molecule has 118 valence electrons. The first-order chi connectivity index (χ1) is 9.66. The summed E-state index contributed by atoms with van der Waals surface area (Å²) in [6, 6.07) is 3.68. The maximum absolute atomic E-state index is 7.15. The molecule has 22 heavy (non-hydrogen) atoms. The lowest BCUT2D eigenvalue weighted by molar-refractivity contribution is 0.687. The Balaban J connectivity index is 0.00000121. The Bertz CT molecular complexity index is 800. The normalized spacial score (nSPS) is 10.0. The minimum Gasteiger partial charge on any atom is -0.382 e. The zero-order valence-electron chi connectivity index (χ0n) is 11.5. The molecule has 0 saturated carbocycles. The van der Waals surface area contributed by atoms with Gasteiger partial charge in [-0.2, -0.15) is 0 Å². The van der Waals surface area contributed by atoms with E-state index >= 15 is 0 Å². The number of nitrogens with zero attached hydrogens (tertiary/aromatic N) is 4. The number of halogens is 2. The van der Waals surface area contributed by atoms with Gasteiger partial charge in [0, 0.05) is 19.3 Å². The number of hydrogen-bond acceptors (Lipinski definition) is 5. The molecule has 0 aliphatic rings. The van der Waals surface area contributed by atoms with E-state index in [4.69, 9.17) is 16.9 Å². The lowest BCUT2D eigenvalue weighted by Crippen LogP contribution is -2.32. The summed E-state index contributed by atoms with van der Waals surface area (Å²) in [4.78, 5) is 12.9. The number of nitrogens with one attached hydrogen (secondary N) is 2. The zero-order valence-corrected chi connectivity index (χ0v) is 13.1. The Kier molecular flexibility index (Phi) is 5.72. The highest BCUT2D eigenvalue weighted by Gasteiger charge is 2.12. The van der Waals surface area contributed by atoms with Crippen molar-refractivity contribution in [2.45, 2.75) is 6.54 Å². The molecule has 3 rings (SSSR count). The molecule has 0 saturated heterocycles. The average Bonchev–Trinajstić information content (AvgIpc) is 2.83. The van der Waals surface area contributed by atoms with Crippen LogP contribution in [0.4, 0.5) is 5.82 Å². The van der Waals surface area contributed by atoms with Crippen molar-refractivity contribution in [2.24, 2.45) is 5.73 Å². The molecule has 0 atom stereocenters. The number of rotatable bonds is 3. The minimum absolute atomic E-state index is 0. The molecule has 3 aromatic heterocycles. The van der Waals surface area contributed by atoms with E-state index in [0.29, 0.717) is 24.4 Å². The van der Waals surface area contributed by atoms with Gasteiger partial charge in [-0.1, -0.05) is 0 Å². The molecular formula is C12H16Cl2N8. The Morgan fingerprint density at radius 1 is 1.27 bits per heavy atom. The summed E-state index contributed by atoms with van der Waals surface area (Å²) in [5, 5.41) is 9.91. The Morgan fingerprint density at radius 2 is 2.05 bits per heavy atom. The lowest BCUT2D eigenvalue weighted by atomic mass is 10.2. The van der Waals surface area contributed by atoms with E-state index in [1.54, 1.807) is 12.5 Å². The molecule has 0 amide bonds. The van der Waals surface area contributed by atoms with Crippen molar-refractivity contribution in [1.29, 1.82) is 5.41 Å².